The van der Waals surface area contributed by atoms with Crippen LogP contribution in [0.1, 0.15) is 5.69 Å². The van der Waals surface area contributed by atoms with Gasteiger partial charge in [-0.15, -0.1) is 0 Å². The summed E-state index contributed by atoms with van der Waals surface area (Å²) < 4.78 is 5.40. The van der Waals surface area contributed by atoms with E-state index in [1.54, 1.807) is 38.8 Å². The van der Waals surface area contributed by atoms with Crippen molar-refractivity contribution < 1.29 is 9.53 Å². The molecule has 3 rings (SSSR count). The number of rotatable bonds is 5. The summed E-state index contributed by atoms with van der Waals surface area (Å²) in [6, 6.07) is 5.48. The van der Waals surface area contributed by atoms with Crippen LogP contribution in [-0.2, 0) is 11.2 Å². The van der Waals surface area contributed by atoms with Crippen molar-refractivity contribution >= 4 is 22.5 Å². The zero-order valence-corrected chi connectivity index (χ0v) is 13.4. The number of anilines is 1. The summed E-state index contributed by atoms with van der Waals surface area (Å²) in [5.41, 5.74) is 7.36. The van der Waals surface area contributed by atoms with Crippen molar-refractivity contribution in [1.29, 1.82) is 0 Å². The zero-order chi connectivity index (χ0) is 17.1. The van der Waals surface area contributed by atoms with Crippen LogP contribution >= 0.6 is 0 Å². The summed E-state index contributed by atoms with van der Waals surface area (Å²) in [5.74, 6) is 0.912. The van der Waals surface area contributed by atoms with Gasteiger partial charge in [-0.3, -0.25) is 14.8 Å². The highest BCUT2D eigenvalue weighted by molar-refractivity contribution is 6.01. The number of nitrogens with one attached hydrogen (secondary N) is 1. The lowest BCUT2D eigenvalue weighted by Crippen LogP contribution is -2.14. The van der Waals surface area contributed by atoms with E-state index >= 15 is 0 Å². The van der Waals surface area contributed by atoms with E-state index in [1.165, 1.54) is 0 Å². The van der Waals surface area contributed by atoms with Crippen molar-refractivity contribution in [3.63, 3.8) is 0 Å². The van der Waals surface area contributed by atoms with Crippen LogP contribution in [-0.4, -0.2) is 35.0 Å². The standard InChI is InChI=1S/C17H17N5O2/c1-19-17-13-9-21-10(7-15(18)23)6-11(13)12(8-22-17)16-14(24-2)4-3-5-20-16/h3-6,8-9H,7H2,1-2H3,(H2,18,23)(H,19,22). The first kappa shape index (κ1) is 15.7. The van der Waals surface area contributed by atoms with Crippen molar-refractivity contribution in [2.24, 2.45) is 5.73 Å². The smallest absolute Gasteiger partial charge is 0.223 e. The summed E-state index contributed by atoms with van der Waals surface area (Å²) in [6.07, 6.45) is 5.19. The summed E-state index contributed by atoms with van der Waals surface area (Å²) in [7, 11) is 3.39. The summed E-state index contributed by atoms with van der Waals surface area (Å²) in [5, 5.41) is 4.75. The summed E-state index contributed by atoms with van der Waals surface area (Å²) in [4.78, 5) is 24.4. The third-order valence-electron chi connectivity index (χ3n) is 3.67. The van der Waals surface area contributed by atoms with E-state index in [1.807, 2.05) is 12.1 Å². The largest absolute Gasteiger partial charge is 0.494 e. The molecule has 0 aliphatic carbocycles. The second-order valence-electron chi connectivity index (χ2n) is 5.19. The Kier molecular flexibility index (Phi) is 4.24. The van der Waals surface area contributed by atoms with Gasteiger partial charge in [0.15, 0.2) is 0 Å². The van der Waals surface area contributed by atoms with Gasteiger partial charge in [0.2, 0.25) is 5.91 Å². The van der Waals surface area contributed by atoms with Crippen molar-refractivity contribution in [3.8, 4) is 17.0 Å². The van der Waals surface area contributed by atoms with E-state index in [0.717, 1.165) is 16.3 Å². The van der Waals surface area contributed by atoms with Crippen LogP contribution in [0.15, 0.2) is 36.8 Å². The van der Waals surface area contributed by atoms with Crippen LogP contribution in [0.25, 0.3) is 22.0 Å². The van der Waals surface area contributed by atoms with E-state index in [0.29, 0.717) is 23.0 Å². The number of nitrogens with zero attached hydrogens (tertiary/aromatic N) is 3. The topological polar surface area (TPSA) is 103 Å². The maximum Gasteiger partial charge on any atom is 0.223 e. The number of hydrogen-bond donors (Lipinski definition) is 2. The van der Waals surface area contributed by atoms with Gasteiger partial charge in [-0.05, 0) is 23.6 Å². The fourth-order valence-corrected chi connectivity index (χ4v) is 2.60. The molecule has 0 aliphatic rings. The lowest BCUT2D eigenvalue weighted by atomic mass is 10.0. The highest BCUT2D eigenvalue weighted by atomic mass is 16.5. The van der Waals surface area contributed by atoms with Gasteiger partial charge in [0, 0.05) is 36.6 Å². The first-order chi connectivity index (χ1) is 11.6. The lowest BCUT2D eigenvalue weighted by Gasteiger charge is -2.12. The summed E-state index contributed by atoms with van der Waals surface area (Å²) >= 11 is 0. The Morgan fingerprint density at radius 2 is 2.08 bits per heavy atom. The monoisotopic (exact) mass is 323 g/mol. The summed E-state index contributed by atoms with van der Waals surface area (Å²) in [6.45, 7) is 0. The van der Waals surface area contributed by atoms with Gasteiger partial charge < -0.3 is 15.8 Å². The predicted octanol–water partition coefficient (Wildman–Crippen LogP) is 1.77. The molecule has 0 aromatic carbocycles. The van der Waals surface area contributed by atoms with E-state index in [2.05, 4.69) is 20.3 Å². The second kappa shape index (κ2) is 6.49. The Morgan fingerprint density at radius 1 is 1.25 bits per heavy atom. The van der Waals surface area contributed by atoms with Crippen LogP contribution < -0.4 is 15.8 Å². The third kappa shape index (κ3) is 2.83. The van der Waals surface area contributed by atoms with Gasteiger partial charge in [-0.1, -0.05) is 0 Å². The molecule has 0 saturated heterocycles. The van der Waals surface area contributed by atoms with E-state index in [9.17, 15) is 4.79 Å². The minimum atomic E-state index is -0.429. The Balaban J connectivity index is 2.28. The van der Waals surface area contributed by atoms with Crippen LogP contribution in [0.5, 0.6) is 5.75 Å². The molecule has 0 saturated carbocycles. The number of pyridine rings is 3. The average Bonchev–Trinajstić information content (AvgIpc) is 2.60. The predicted molar refractivity (Wildman–Crippen MR) is 91.8 cm³/mol. The SMILES string of the molecule is CNc1ncc(-c2ncccc2OC)c2cc(CC(N)=O)ncc12. The molecule has 7 nitrogen and oxygen atoms in total. The fraction of sp³-hybridized carbons (Fsp3) is 0.176. The number of methoxy groups -OCH3 is 1. The maximum atomic E-state index is 11.2. The first-order valence-corrected chi connectivity index (χ1v) is 7.37. The minimum absolute atomic E-state index is 0.0753. The molecular weight excluding hydrogens is 306 g/mol. The van der Waals surface area contributed by atoms with Crippen LogP contribution in [0.3, 0.4) is 0 Å². The van der Waals surface area contributed by atoms with Crippen LogP contribution in [0.4, 0.5) is 5.82 Å². The maximum absolute atomic E-state index is 11.2. The molecule has 0 fully saturated rings. The lowest BCUT2D eigenvalue weighted by molar-refractivity contribution is -0.117. The molecule has 0 aliphatic heterocycles. The number of hydrogen-bond acceptors (Lipinski definition) is 6. The zero-order valence-electron chi connectivity index (χ0n) is 13.4. The molecule has 0 bridgehead atoms. The minimum Gasteiger partial charge on any atom is -0.494 e. The number of carbonyl (C=O) groups is 1. The Labute approximate surface area is 138 Å². The first-order valence-electron chi connectivity index (χ1n) is 7.37. The van der Waals surface area contributed by atoms with E-state index in [4.69, 9.17) is 10.5 Å². The highest BCUT2D eigenvalue weighted by Crippen LogP contribution is 2.34. The number of nitrogens with two attached hydrogens (primary N) is 1. The average molecular weight is 323 g/mol. The van der Waals surface area contributed by atoms with Gasteiger partial charge in [0.1, 0.15) is 17.3 Å². The van der Waals surface area contributed by atoms with E-state index in [-0.39, 0.29) is 6.42 Å². The van der Waals surface area contributed by atoms with Crippen molar-refractivity contribution in [2.45, 2.75) is 6.42 Å². The third-order valence-corrected chi connectivity index (χ3v) is 3.67. The van der Waals surface area contributed by atoms with E-state index < -0.39 is 5.91 Å². The van der Waals surface area contributed by atoms with Crippen LogP contribution in [0, 0.1) is 0 Å². The molecule has 7 heteroatoms. The number of primary amides is 1. The molecule has 0 atom stereocenters. The van der Waals surface area contributed by atoms with Gasteiger partial charge in [-0.25, -0.2) is 4.98 Å². The number of carbonyl (C=O) groups excluding carboxylic acids is 1. The molecule has 3 aromatic heterocycles. The normalized spacial score (nSPS) is 10.6. The molecular formula is C17H17N5O2. The number of aromatic nitrogens is 3. The highest BCUT2D eigenvalue weighted by Gasteiger charge is 2.15. The van der Waals surface area contributed by atoms with Crippen LogP contribution in [0.2, 0.25) is 0 Å². The molecule has 3 N–H and O–H groups in total. The van der Waals surface area contributed by atoms with Gasteiger partial charge >= 0.3 is 0 Å². The number of fused-ring (bicyclic) bond motifs is 1. The second-order valence-corrected chi connectivity index (χ2v) is 5.19. The molecule has 0 spiro atoms. The number of amides is 1. The molecule has 24 heavy (non-hydrogen) atoms. The molecule has 3 aromatic rings. The molecule has 0 radical (unpaired) electrons. The molecule has 0 unspecified atom stereocenters. The Morgan fingerprint density at radius 3 is 2.79 bits per heavy atom. The van der Waals surface area contributed by atoms with Gasteiger partial charge in [0.05, 0.1) is 19.2 Å². The fourth-order valence-electron chi connectivity index (χ4n) is 2.60. The Bertz CT molecular complexity index is 911. The Hall–Kier alpha value is -3.22. The van der Waals surface area contributed by atoms with Crippen molar-refractivity contribution in [1.82, 2.24) is 15.0 Å². The van der Waals surface area contributed by atoms with Gasteiger partial charge in [0.25, 0.3) is 0 Å². The number of ether oxygens (including phenoxy) is 1. The van der Waals surface area contributed by atoms with Crippen molar-refractivity contribution in [3.05, 3.63) is 42.5 Å². The van der Waals surface area contributed by atoms with Crippen molar-refractivity contribution in [2.75, 3.05) is 19.5 Å². The molecule has 122 valence electrons. The molecule has 1 amide bonds. The van der Waals surface area contributed by atoms with Gasteiger partial charge in [-0.2, -0.15) is 0 Å². The quantitative estimate of drug-likeness (QED) is 0.742. The molecule has 3 heterocycles.